The van der Waals surface area contributed by atoms with Gasteiger partial charge in [0.1, 0.15) is 0 Å². The molecule has 3 N–H and O–H groups in total. The van der Waals surface area contributed by atoms with E-state index in [0.29, 0.717) is 0 Å². The summed E-state index contributed by atoms with van der Waals surface area (Å²) in [4.78, 5) is 8.44. The first-order chi connectivity index (χ1) is 20.1. The van der Waals surface area contributed by atoms with E-state index >= 15 is 0 Å². The first kappa shape index (κ1) is 42.4. The van der Waals surface area contributed by atoms with Gasteiger partial charge < -0.3 is 20.3 Å². The standard InChI is InChI=1S/C36H75N.CH2O3/c1-3-5-7-9-11-13-15-17-19-21-23-25-27-29-31-33-35-37-36-34-32-30-28-26-24-22-20-18-16-14-12-10-8-6-4-2;2-1(3)4/h37H,3-36H2,1-2H3;(H2,2,3,4). The first-order valence-electron chi connectivity index (χ1n) is 18.9. The van der Waals surface area contributed by atoms with Gasteiger partial charge >= 0.3 is 0 Å². The molecule has 0 unspecified atom stereocenters. The quantitative estimate of drug-likeness (QED) is 0.0739. The largest absolute Gasteiger partial charge is 0.565 e. The molecule has 0 aromatic heterocycles. The van der Waals surface area contributed by atoms with Crippen LogP contribution in [0.1, 0.15) is 219 Å². The lowest BCUT2D eigenvalue weighted by molar-refractivity contribution is -0.655. The Kier molecular flexibility index (Phi) is 42.7. The predicted molar refractivity (Wildman–Crippen MR) is 179 cm³/mol. The van der Waals surface area contributed by atoms with Crippen molar-refractivity contribution < 1.29 is 20.3 Å². The third-order valence-corrected chi connectivity index (χ3v) is 8.52. The minimum atomic E-state index is -2.08. The fourth-order valence-corrected chi connectivity index (χ4v) is 5.82. The molecule has 0 saturated heterocycles. The van der Waals surface area contributed by atoms with Gasteiger partial charge in [-0.15, -0.1) is 0 Å². The van der Waals surface area contributed by atoms with E-state index in [-0.39, 0.29) is 0 Å². The summed E-state index contributed by atoms with van der Waals surface area (Å²) in [6, 6.07) is 0. The third-order valence-electron chi connectivity index (χ3n) is 8.52. The van der Waals surface area contributed by atoms with Crippen LogP contribution in [0, 0.1) is 0 Å². The molecule has 0 aromatic rings. The molecule has 0 radical (unpaired) electrons. The minimum absolute atomic E-state index is 1.37. The van der Waals surface area contributed by atoms with Gasteiger partial charge in [-0.2, -0.15) is 0 Å². The number of carbonyl (C=O) groups is 1. The van der Waals surface area contributed by atoms with Crippen molar-refractivity contribution in [2.24, 2.45) is 0 Å². The molecule has 41 heavy (non-hydrogen) atoms. The Hall–Kier alpha value is -0.770. The van der Waals surface area contributed by atoms with Gasteiger partial charge in [0, 0.05) is 0 Å². The van der Waals surface area contributed by atoms with E-state index in [1.165, 1.54) is 219 Å². The van der Waals surface area contributed by atoms with E-state index in [1.807, 2.05) is 0 Å². The molecule has 0 aromatic carbocycles. The Balaban J connectivity index is 0. The lowest BCUT2D eigenvalue weighted by Gasteiger charge is -2.04. The number of unbranched alkanes of at least 4 members (excludes halogenated alkanes) is 30. The van der Waals surface area contributed by atoms with Gasteiger partial charge in [0.05, 0.1) is 13.1 Å². The molecule has 0 amide bonds. The molecule has 4 heteroatoms. The van der Waals surface area contributed by atoms with E-state index in [9.17, 15) is 0 Å². The van der Waals surface area contributed by atoms with Crippen LogP contribution in [-0.2, 0) is 0 Å². The lowest BCUT2D eigenvalue weighted by atomic mass is 10.0. The van der Waals surface area contributed by atoms with Gasteiger partial charge in [-0.25, -0.2) is 0 Å². The Morgan fingerprint density at radius 1 is 0.390 bits per heavy atom. The fourth-order valence-electron chi connectivity index (χ4n) is 5.82. The van der Waals surface area contributed by atoms with Crippen molar-refractivity contribution in [1.29, 1.82) is 0 Å². The lowest BCUT2D eigenvalue weighted by Crippen LogP contribution is -2.84. The average Bonchev–Trinajstić information content (AvgIpc) is 2.95. The Morgan fingerprint density at radius 2 is 0.537 bits per heavy atom. The molecule has 0 rings (SSSR count). The molecule has 0 aliphatic heterocycles. The summed E-state index contributed by atoms with van der Waals surface area (Å²) in [6.45, 7) is 7.36. The molecule has 0 heterocycles. The van der Waals surface area contributed by atoms with Crippen LogP contribution < -0.4 is 10.4 Å². The predicted octanol–water partition coefficient (Wildman–Crippen LogP) is 11.0. The van der Waals surface area contributed by atoms with Crippen LogP contribution in [0.4, 0.5) is 4.79 Å². The molecule has 248 valence electrons. The van der Waals surface area contributed by atoms with Crippen molar-refractivity contribution in [2.45, 2.75) is 219 Å². The van der Waals surface area contributed by atoms with Crippen LogP contribution in [0.25, 0.3) is 0 Å². The summed E-state index contributed by atoms with van der Waals surface area (Å²) in [6.07, 6.45) is 45.0. The van der Waals surface area contributed by atoms with Crippen molar-refractivity contribution in [3.63, 3.8) is 0 Å². The van der Waals surface area contributed by atoms with E-state index < -0.39 is 6.16 Å². The number of hydrogen-bond acceptors (Lipinski definition) is 2. The maximum atomic E-state index is 8.44. The molecule has 0 aliphatic rings. The zero-order valence-corrected chi connectivity index (χ0v) is 28.4. The van der Waals surface area contributed by atoms with Crippen LogP contribution in [0.2, 0.25) is 0 Å². The van der Waals surface area contributed by atoms with E-state index in [2.05, 4.69) is 19.2 Å². The molecule has 0 bridgehead atoms. The van der Waals surface area contributed by atoms with Crippen LogP contribution in [0.5, 0.6) is 0 Å². The molecular formula is C37H77NO3. The van der Waals surface area contributed by atoms with Crippen molar-refractivity contribution >= 4 is 6.16 Å². The zero-order chi connectivity index (χ0) is 30.3. The average molecular weight is 584 g/mol. The summed E-state index contributed by atoms with van der Waals surface area (Å²) in [7, 11) is 0. The van der Waals surface area contributed by atoms with E-state index in [1.54, 1.807) is 0 Å². The summed E-state index contributed by atoms with van der Waals surface area (Å²) >= 11 is 0. The van der Waals surface area contributed by atoms with Crippen molar-refractivity contribution in [3.05, 3.63) is 0 Å². The number of rotatable bonds is 34. The van der Waals surface area contributed by atoms with Gasteiger partial charge in [-0.1, -0.05) is 194 Å². The van der Waals surface area contributed by atoms with Crippen LogP contribution >= 0.6 is 0 Å². The van der Waals surface area contributed by atoms with Gasteiger partial charge in [0.2, 0.25) is 6.16 Å². The van der Waals surface area contributed by atoms with Crippen molar-refractivity contribution in [1.82, 2.24) is 0 Å². The number of carboxylic acid groups (broad SMARTS) is 2. The topological polar surface area (TPSA) is 77.0 Å². The molecule has 0 spiro atoms. The molecule has 0 aliphatic carbocycles. The number of nitrogens with two attached hydrogens (primary N) is 1. The Bertz CT molecular complexity index is 419. The van der Waals surface area contributed by atoms with E-state index in [4.69, 9.17) is 15.0 Å². The van der Waals surface area contributed by atoms with E-state index in [0.717, 1.165) is 0 Å². The number of quaternary nitrogens is 1. The Labute approximate surface area is 258 Å². The monoisotopic (exact) mass is 584 g/mol. The second-order valence-corrected chi connectivity index (χ2v) is 12.7. The summed E-state index contributed by atoms with van der Waals surface area (Å²) in [5.74, 6) is 0. The highest BCUT2D eigenvalue weighted by atomic mass is 16.6. The third kappa shape index (κ3) is 49.2. The molecule has 0 atom stereocenters. The zero-order valence-electron chi connectivity index (χ0n) is 28.4. The molecular weight excluding hydrogens is 506 g/mol. The highest BCUT2D eigenvalue weighted by molar-refractivity contribution is 5.50. The van der Waals surface area contributed by atoms with Gasteiger partial charge in [-0.05, 0) is 25.7 Å². The summed E-state index contributed by atoms with van der Waals surface area (Å²) < 4.78 is 0. The molecule has 0 fully saturated rings. The van der Waals surface area contributed by atoms with Gasteiger partial charge in [0.15, 0.2) is 0 Å². The maximum Gasteiger partial charge on any atom is 0.249 e. The maximum absolute atomic E-state index is 8.44. The van der Waals surface area contributed by atoms with Crippen molar-refractivity contribution in [3.8, 4) is 0 Å². The normalized spacial score (nSPS) is 11.0. The van der Waals surface area contributed by atoms with Crippen LogP contribution in [0.3, 0.4) is 0 Å². The van der Waals surface area contributed by atoms with Gasteiger partial charge in [-0.3, -0.25) is 0 Å². The van der Waals surface area contributed by atoms with Gasteiger partial charge in [0.25, 0.3) is 0 Å². The minimum Gasteiger partial charge on any atom is -0.565 e. The van der Waals surface area contributed by atoms with Crippen LogP contribution in [-0.4, -0.2) is 24.4 Å². The highest BCUT2D eigenvalue weighted by Crippen LogP contribution is 2.15. The Morgan fingerprint density at radius 3 is 0.707 bits per heavy atom. The van der Waals surface area contributed by atoms with Crippen molar-refractivity contribution in [2.75, 3.05) is 13.1 Å². The highest BCUT2D eigenvalue weighted by Gasteiger charge is 1.97. The smallest absolute Gasteiger partial charge is 0.249 e. The molecule has 0 saturated carbocycles. The first-order valence-corrected chi connectivity index (χ1v) is 18.9. The second kappa shape index (κ2) is 41.4. The molecule has 4 nitrogen and oxygen atoms in total. The second-order valence-electron chi connectivity index (χ2n) is 12.7. The SMILES string of the molecule is CCCCCCCCCCCCCCCCCC[NH2+]CCCCCCCCCCCCCCCCCC.O=C([O-])O. The summed E-state index contributed by atoms with van der Waals surface area (Å²) in [5.41, 5.74) is 0. The fraction of sp³-hybridized carbons (Fsp3) is 0.973. The number of hydrogen-bond donors (Lipinski definition) is 2. The summed E-state index contributed by atoms with van der Waals surface area (Å²) in [5, 5.41) is 17.9. The van der Waals surface area contributed by atoms with Crippen LogP contribution in [0.15, 0.2) is 0 Å².